The van der Waals surface area contributed by atoms with Crippen LogP contribution in [-0.4, -0.2) is 30.9 Å². The van der Waals surface area contributed by atoms with Crippen LogP contribution in [0.15, 0.2) is 30.3 Å². The highest BCUT2D eigenvalue weighted by molar-refractivity contribution is 5.89. The van der Waals surface area contributed by atoms with E-state index >= 15 is 0 Å². The molecule has 1 amide bonds. The number of amides is 1. The molecule has 1 aromatic carbocycles. The molecule has 1 saturated carbocycles. The van der Waals surface area contributed by atoms with E-state index in [-0.39, 0.29) is 24.3 Å². The van der Waals surface area contributed by atoms with Gasteiger partial charge in [0.25, 0.3) is 5.91 Å². The first-order chi connectivity index (χ1) is 12.3. The van der Waals surface area contributed by atoms with E-state index in [1.165, 1.54) is 24.6 Å². The first-order valence-electron chi connectivity index (χ1n) is 8.32. The van der Waals surface area contributed by atoms with Crippen LogP contribution in [0.4, 0.5) is 13.2 Å². The van der Waals surface area contributed by atoms with Gasteiger partial charge in [0, 0.05) is 12.1 Å². The Morgan fingerprint density at radius 1 is 1.12 bits per heavy atom. The van der Waals surface area contributed by atoms with Crippen LogP contribution in [0, 0.1) is 0 Å². The van der Waals surface area contributed by atoms with Gasteiger partial charge in [0.15, 0.2) is 6.61 Å². The van der Waals surface area contributed by atoms with E-state index < -0.39 is 12.3 Å². The molecule has 0 unspecified atom stereocenters. The molecule has 26 heavy (non-hydrogen) atoms. The van der Waals surface area contributed by atoms with E-state index in [0.717, 1.165) is 43.9 Å². The molecule has 1 aliphatic rings. The monoisotopic (exact) mass is 371 g/mol. The van der Waals surface area contributed by atoms with Crippen molar-refractivity contribution in [1.29, 1.82) is 0 Å². The van der Waals surface area contributed by atoms with Gasteiger partial charge in [-0.25, -0.2) is 4.79 Å². The van der Waals surface area contributed by atoms with Gasteiger partial charge in [-0.1, -0.05) is 31.4 Å². The number of hydrogen-bond acceptors (Lipinski definition) is 4. The second kappa shape index (κ2) is 9.26. The molecule has 0 aromatic heterocycles. The Balaban J connectivity index is 1.73. The van der Waals surface area contributed by atoms with Crippen molar-refractivity contribution in [2.75, 3.05) is 6.61 Å². The van der Waals surface area contributed by atoms with Gasteiger partial charge < -0.3 is 14.8 Å². The van der Waals surface area contributed by atoms with Crippen molar-refractivity contribution in [2.45, 2.75) is 44.5 Å². The predicted molar refractivity (Wildman–Crippen MR) is 88.1 cm³/mol. The van der Waals surface area contributed by atoms with Crippen LogP contribution in [0.1, 0.15) is 37.7 Å². The maximum absolute atomic E-state index is 12.1. The number of nitrogens with one attached hydrogen (secondary N) is 1. The van der Waals surface area contributed by atoms with Crippen LogP contribution in [0.25, 0.3) is 6.08 Å². The highest BCUT2D eigenvalue weighted by Crippen LogP contribution is 2.23. The summed E-state index contributed by atoms with van der Waals surface area (Å²) in [4.78, 5) is 23.3. The van der Waals surface area contributed by atoms with E-state index in [2.05, 4.69) is 10.1 Å². The van der Waals surface area contributed by atoms with E-state index in [1.807, 2.05) is 0 Å². The van der Waals surface area contributed by atoms with Crippen molar-refractivity contribution in [1.82, 2.24) is 5.32 Å². The van der Waals surface area contributed by atoms with E-state index in [4.69, 9.17) is 4.74 Å². The molecule has 8 heteroatoms. The molecule has 0 bridgehead atoms. The van der Waals surface area contributed by atoms with Gasteiger partial charge in [-0.3, -0.25) is 4.79 Å². The minimum Gasteiger partial charge on any atom is -0.452 e. The van der Waals surface area contributed by atoms with Crippen LogP contribution < -0.4 is 10.1 Å². The van der Waals surface area contributed by atoms with Crippen LogP contribution in [0.5, 0.6) is 5.75 Å². The zero-order chi connectivity index (χ0) is 19.0. The summed E-state index contributed by atoms with van der Waals surface area (Å²) in [7, 11) is 0. The van der Waals surface area contributed by atoms with Gasteiger partial charge in [-0.2, -0.15) is 0 Å². The lowest BCUT2D eigenvalue weighted by Crippen LogP contribution is -2.38. The molecule has 1 aliphatic carbocycles. The van der Waals surface area contributed by atoms with Gasteiger partial charge in [-0.15, -0.1) is 13.2 Å². The minimum atomic E-state index is -4.75. The number of rotatable bonds is 6. The number of carbonyl (C=O) groups is 2. The van der Waals surface area contributed by atoms with E-state index in [9.17, 15) is 22.8 Å². The third-order valence-corrected chi connectivity index (χ3v) is 3.84. The molecular weight excluding hydrogens is 351 g/mol. The largest absolute Gasteiger partial charge is 0.573 e. The zero-order valence-corrected chi connectivity index (χ0v) is 14.1. The molecule has 1 fully saturated rings. The average molecular weight is 371 g/mol. The van der Waals surface area contributed by atoms with Crippen LogP contribution in [-0.2, 0) is 14.3 Å². The summed E-state index contributed by atoms with van der Waals surface area (Å²) in [6, 6.07) is 5.14. The van der Waals surface area contributed by atoms with Crippen molar-refractivity contribution < 1.29 is 32.2 Å². The molecule has 2 rings (SSSR count). The molecule has 1 N–H and O–H groups in total. The predicted octanol–water partition coefficient (Wildman–Crippen LogP) is 3.59. The van der Waals surface area contributed by atoms with Crippen molar-refractivity contribution >= 4 is 18.0 Å². The molecule has 1 aromatic rings. The maximum Gasteiger partial charge on any atom is 0.573 e. The van der Waals surface area contributed by atoms with Crippen LogP contribution >= 0.6 is 0 Å². The normalized spacial score (nSPS) is 15.7. The molecule has 0 saturated heterocycles. The number of benzene rings is 1. The number of ether oxygens (including phenoxy) is 2. The number of esters is 1. The second-order valence-corrected chi connectivity index (χ2v) is 5.96. The van der Waals surface area contributed by atoms with E-state index in [1.54, 1.807) is 0 Å². The van der Waals surface area contributed by atoms with Crippen molar-refractivity contribution in [2.24, 2.45) is 0 Å². The Kier molecular flexibility index (Phi) is 7.06. The Morgan fingerprint density at radius 3 is 2.38 bits per heavy atom. The summed E-state index contributed by atoms with van der Waals surface area (Å²) >= 11 is 0. The molecule has 5 nitrogen and oxygen atoms in total. The molecule has 0 heterocycles. The highest BCUT2D eigenvalue weighted by atomic mass is 19.4. The Hall–Kier alpha value is -2.51. The summed E-state index contributed by atoms with van der Waals surface area (Å²) in [6.45, 7) is -0.363. The van der Waals surface area contributed by atoms with Crippen molar-refractivity contribution in [3.05, 3.63) is 35.9 Å². The van der Waals surface area contributed by atoms with Crippen LogP contribution in [0.2, 0.25) is 0 Å². The van der Waals surface area contributed by atoms with Crippen LogP contribution in [0.3, 0.4) is 0 Å². The van der Waals surface area contributed by atoms with Crippen molar-refractivity contribution in [3.63, 3.8) is 0 Å². The fraction of sp³-hybridized carbons (Fsp3) is 0.444. The lowest BCUT2D eigenvalue weighted by molar-refractivity contribution is -0.274. The van der Waals surface area contributed by atoms with Gasteiger partial charge >= 0.3 is 12.3 Å². The Labute approximate surface area is 149 Å². The molecule has 0 radical (unpaired) electrons. The first kappa shape index (κ1) is 19.8. The fourth-order valence-electron chi connectivity index (χ4n) is 2.65. The number of alkyl halides is 3. The fourth-order valence-corrected chi connectivity index (χ4v) is 2.65. The number of halogens is 3. The zero-order valence-electron chi connectivity index (χ0n) is 14.1. The Morgan fingerprint density at radius 2 is 1.77 bits per heavy atom. The third-order valence-electron chi connectivity index (χ3n) is 3.84. The topological polar surface area (TPSA) is 64.6 Å². The smallest absolute Gasteiger partial charge is 0.452 e. The molecular formula is C18H20F3NO4. The molecule has 0 aliphatic heterocycles. The number of hydrogen-bond donors (Lipinski definition) is 1. The van der Waals surface area contributed by atoms with Gasteiger partial charge in [0.2, 0.25) is 0 Å². The molecule has 142 valence electrons. The molecule has 0 spiro atoms. The standard InChI is InChI=1S/C18H20F3NO4/c19-18(20,21)26-15-9-6-13(7-10-15)8-11-17(24)25-12-16(23)22-14-4-2-1-3-5-14/h6-11,14H,1-5,12H2,(H,22,23)/b11-8+. The van der Waals surface area contributed by atoms with Crippen molar-refractivity contribution in [3.8, 4) is 5.75 Å². The quantitative estimate of drug-likeness (QED) is 0.613. The summed E-state index contributed by atoms with van der Waals surface area (Å²) in [5.41, 5.74) is 0.489. The minimum absolute atomic E-state index is 0.142. The SMILES string of the molecule is O=C(COC(=O)/C=C/c1ccc(OC(F)(F)F)cc1)NC1CCCCC1. The summed E-state index contributed by atoms with van der Waals surface area (Å²) in [5.74, 6) is -1.40. The Bertz CT molecular complexity index is 635. The summed E-state index contributed by atoms with van der Waals surface area (Å²) in [6.07, 6.45) is 2.95. The van der Waals surface area contributed by atoms with Gasteiger partial charge in [0.05, 0.1) is 0 Å². The first-order valence-corrected chi connectivity index (χ1v) is 8.32. The summed E-state index contributed by atoms with van der Waals surface area (Å²) < 4.78 is 44.8. The van der Waals surface area contributed by atoms with Gasteiger partial charge in [0.1, 0.15) is 5.75 Å². The number of carbonyl (C=O) groups excluding carboxylic acids is 2. The highest BCUT2D eigenvalue weighted by Gasteiger charge is 2.30. The van der Waals surface area contributed by atoms with E-state index in [0.29, 0.717) is 5.56 Å². The lowest BCUT2D eigenvalue weighted by atomic mass is 9.95. The maximum atomic E-state index is 12.1. The second-order valence-electron chi connectivity index (χ2n) is 5.96. The van der Waals surface area contributed by atoms with Gasteiger partial charge in [-0.05, 0) is 36.6 Å². The third kappa shape index (κ3) is 7.58. The lowest BCUT2D eigenvalue weighted by Gasteiger charge is -2.22. The average Bonchev–Trinajstić information content (AvgIpc) is 2.59. The summed E-state index contributed by atoms with van der Waals surface area (Å²) in [5, 5.41) is 2.83. The molecule has 0 atom stereocenters.